The van der Waals surface area contributed by atoms with Gasteiger partial charge in [-0.1, -0.05) is 72.8 Å². The van der Waals surface area contributed by atoms with Crippen molar-refractivity contribution >= 4 is 29.4 Å². The molecule has 4 nitrogen and oxygen atoms in total. The molecule has 4 heteroatoms. The molecule has 2 aromatic carbocycles. The van der Waals surface area contributed by atoms with Gasteiger partial charge in [-0.05, 0) is 29.8 Å². The number of nitrogens with zero attached hydrogens (tertiary/aromatic N) is 1. The van der Waals surface area contributed by atoms with Crippen molar-refractivity contribution in [2.24, 2.45) is 0 Å². The highest BCUT2D eigenvalue weighted by Gasteiger charge is 2.22. The molecule has 0 N–H and O–H groups in total. The third kappa shape index (κ3) is 3.60. The van der Waals surface area contributed by atoms with E-state index in [1.54, 1.807) is 22.6 Å². The van der Waals surface area contributed by atoms with Gasteiger partial charge in [0.25, 0.3) is 0 Å². The molecule has 0 bridgehead atoms. The molecule has 2 heterocycles. The number of fused-ring (bicyclic) bond motifs is 1. The third-order valence-corrected chi connectivity index (χ3v) is 4.74. The van der Waals surface area contributed by atoms with Gasteiger partial charge in [-0.15, -0.1) is 0 Å². The molecular formula is C25H19NO3. The molecule has 0 radical (unpaired) electrons. The van der Waals surface area contributed by atoms with Crippen molar-refractivity contribution in [2.45, 2.75) is 0 Å². The summed E-state index contributed by atoms with van der Waals surface area (Å²) in [4.78, 5) is 25.5. The molecule has 0 aliphatic carbocycles. The number of ketones is 1. The Morgan fingerprint density at radius 3 is 2.21 bits per heavy atom. The Kier molecular flexibility index (Phi) is 5.08. The van der Waals surface area contributed by atoms with Crippen molar-refractivity contribution in [3.05, 3.63) is 113 Å². The van der Waals surface area contributed by atoms with Gasteiger partial charge in [-0.25, -0.2) is 4.79 Å². The smallest absolute Gasteiger partial charge is 0.340 e. The molecule has 29 heavy (non-hydrogen) atoms. The second-order valence-corrected chi connectivity index (χ2v) is 6.55. The van der Waals surface area contributed by atoms with E-state index in [4.69, 9.17) is 4.74 Å². The van der Waals surface area contributed by atoms with Crippen LogP contribution < -0.4 is 0 Å². The minimum atomic E-state index is -0.473. The Balaban J connectivity index is 1.91. The first kappa shape index (κ1) is 18.4. The minimum absolute atomic E-state index is 0.156. The molecule has 0 atom stereocenters. The standard InChI is InChI=1S/C25H19NO3/c1-29-25(28)21-17-23(24(27)19-11-6-3-7-12-19)26-20(13-8-14-22(21)26)16-15-18-9-4-2-5-10-18/h2-17H,1H3/b16-15+. The molecule has 0 aliphatic heterocycles. The number of aromatic nitrogens is 1. The van der Waals surface area contributed by atoms with Crippen LogP contribution in [-0.2, 0) is 4.74 Å². The van der Waals surface area contributed by atoms with Gasteiger partial charge >= 0.3 is 5.97 Å². The van der Waals surface area contributed by atoms with Crippen LogP contribution in [0.1, 0.15) is 37.7 Å². The number of ether oxygens (including phenoxy) is 1. The summed E-state index contributed by atoms with van der Waals surface area (Å²) in [6.07, 6.45) is 3.91. The highest BCUT2D eigenvalue weighted by atomic mass is 16.5. The molecule has 0 spiro atoms. The lowest BCUT2D eigenvalue weighted by Crippen LogP contribution is -2.06. The quantitative estimate of drug-likeness (QED) is 0.356. The highest BCUT2D eigenvalue weighted by molar-refractivity contribution is 6.11. The zero-order valence-electron chi connectivity index (χ0n) is 15.9. The second-order valence-electron chi connectivity index (χ2n) is 6.55. The van der Waals surface area contributed by atoms with Crippen molar-refractivity contribution in [1.82, 2.24) is 4.40 Å². The number of hydrogen-bond acceptors (Lipinski definition) is 3. The first-order valence-electron chi connectivity index (χ1n) is 9.24. The maximum absolute atomic E-state index is 13.2. The van der Waals surface area contributed by atoms with E-state index in [-0.39, 0.29) is 5.78 Å². The molecule has 4 rings (SSSR count). The fraction of sp³-hybridized carbons (Fsp3) is 0.0400. The molecule has 4 aromatic rings. The van der Waals surface area contributed by atoms with Crippen LogP contribution in [0.2, 0.25) is 0 Å². The third-order valence-electron chi connectivity index (χ3n) is 4.74. The Hall–Kier alpha value is -3.92. The minimum Gasteiger partial charge on any atom is -0.465 e. The summed E-state index contributed by atoms with van der Waals surface area (Å²) in [5, 5.41) is 0. The largest absolute Gasteiger partial charge is 0.465 e. The summed E-state index contributed by atoms with van der Waals surface area (Å²) < 4.78 is 6.74. The van der Waals surface area contributed by atoms with Crippen LogP contribution in [0.25, 0.3) is 17.7 Å². The highest BCUT2D eigenvalue weighted by Crippen LogP contribution is 2.24. The molecule has 0 unspecified atom stereocenters. The maximum Gasteiger partial charge on any atom is 0.340 e. The van der Waals surface area contributed by atoms with E-state index in [9.17, 15) is 9.59 Å². The Bertz CT molecular complexity index is 1210. The lowest BCUT2D eigenvalue weighted by atomic mass is 10.1. The fourth-order valence-corrected chi connectivity index (χ4v) is 3.33. The van der Waals surface area contributed by atoms with Crippen LogP contribution in [0.4, 0.5) is 0 Å². The van der Waals surface area contributed by atoms with Gasteiger partial charge in [-0.2, -0.15) is 0 Å². The van der Waals surface area contributed by atoms with Gasteiger partial charge in [0.05, 0.1) is 23.9 Å². The molecule has 0 amide bonds. The lowest BCUT2D eigenvalue weighted by molar-refractivity contribution is 0.0603. The normalized spacial score (nSPS) is 11.1. The summed E-state index contributed by atoms with van der Waals surface area (Å²) in [5.74, 6) is -0.630. The average Bonchev–Trinajstić information content (AvgIpc) is 3.18. The van der Waals surface area contributed by atoms with Gasteiger partial charge in [0.15, 0.2) is 0 Å². The summed E-state index contributed by atoms with van der Waals surface area (Å²) in [6.45, 7) is 0. The summed E-state index contributed by atoms with van der Waals surface area (Å²) in [7, 11) is 1.34. The predicted molar refractivity (Wildman–Crippen MR) is 114 cm³/mol. The van der Waals surface area contributed by atoms with Crippen molar-refractivity contribution in [2.75, 3.05) is 7.11 Å². The molecule has 0 saturated heterocycles. The van der Waals surface area contributed by atoms with Crippen LogP contribution in [0.5, 0.6) is 0 Å². The molecule has 0 aliphatic rings. The Morgan fingerprint density at radius 1 is 0.828 bits per heavy atom. The number of carbonyl (C=O) groups excluding carboxylic acids is 2. The van der Waals surface area contributed by atoms with Crippen molar-refractivity contribution in [3.8, 4) is 0 Å². The van der Waals surface area contributed by atoms with Gasteiger partial charge in [-0.3, -0.25) is 4.79 Å². The van der Waals surface area contributed by atoms with Gasteiger partial charge < -0.3 is 9.14 Å². The average molecular weight is 381 g/mol. The first-order chi connectivity index (χ1) is 14.2. The van der Waals surface area contributed by atoms with Crippen molar-refractivity contribution in [1.29, 1.82) is 0 Å². The Morgan fingerprint density at radius 2 is 1.52 bits per heavy atom. The topological polar surface area (TPSA) is 47.8 Å². The zero-order valence-corrected chi connectivity index (χ0v) is 15.9. The van der Waals surface area contributed by atoms with E-state index >= 15 is 0 Å². The van der Waals surface area contributed by atoms with Crippen LogP contribution in [-0.4, -0.2) is 23.3 Å². The van der Waals surface area contributed by atoms with Gasteiger partial charge in [0, 0.05) is 11.3 Å². The maximum atomic E-state index is 13.2. The van der Waals surface area contributed by atoms with E-state index in [1.165, 1.54) is 7.11 Å². The number of carbonyl (C=O) groups is 2. The molecular weight excluding hydrogens is 362 g/mol. The lowest BCUT2D eigenvalue weighted by Gasteiger charge is -2.07. The zero-order chi connectivity index (χ0) is 20.2. The number of pyridine rings is 1. The van der Waals surface area contributed by atoms with Crippen LogP contribution in [0.3, 0.4) is 0 Å². The van der Waals surface area contributed by atoms with Gasteiger partial charge in [0.2, 0.25) is 5.78 Å². The SMILES string of the molecule is COC(=O)c1cc(C(=O)c2ccccc2)n2c(/C=C/c3ccccc3)cccc12. The number of rotatable bonds is 5. The second kappa shape index (κ2) is 7.98. The van der Waals surface area contributed by atoms with E-state index < -0.39 is 5.97 Å². The first-order valence-corrected chi connectivity index (χ1v) is 9.24. The van der Waals surface area contributed by atoms with E-state index in [0.29, 0.717) is 22.3 Å². The van der Waals surface area contributed by atoms with Crippen LogP contribution in [0.15, 0.2) is 84.9 Å². The van der Waals surface area contributed by atoms with Crippen molar-refractivity contribution < 1.29 is 14.3 Å². The molecule has 142 valence electrons. The summed E-state index contributed by atoms with van der Waals surface area (Å²) in [5.41, 5.74) is 3.81. The summed E-state index contributed by atoms with van der Waals surface area (Å²) >= 11 is 0. The Labute approximate surface area is 168 Å². The van der Waals surface area contributed by atoms with Gasteiger partial charge in [0.1, 0.15) is 0 Å². The van der Waals surface area contributed by atoms with E-state index in [1.807, 2.05) is 78.9 Å². The van der Waals surface area contributed by atoms with Crippen molar-refractivity contribution in [3.63, 3.8) is 0 Å². The number of hydrogen-bond donors (Lipinski definition) is 0. The van der Waals surface area contributed by atoms with E-state index in [0.717, 1.165) is 11.3 Å². The monoisotopic (exact) mass is 381 g/mol. The molecule has 2 aromatic heterocycles. The molecule has 0 saturated carbocycles. The fourth-order valence-electron chi connectivity index (χ4n) is 3.33. The number of esters is 1. The predicted octanol–water partition coefficient (Wildman–Crippen LogP) is 5.13. The van der Waals surface area contributed by atoms with Crippen LogP contribution in [0, 0.1) is 0 Å². The molecule has 0 fully saturated rings. The van der Waals surface area contributed by atoms with E-state index in [2.05, 4.69) is 0 Å². The number of benzene rings is 2. The number of methoxy groups -OCH3 is 1. The summed E-state index contributed by atoms with van der Waals surface area (Å²) in [6, 6.07) is 26.1. The van der Waals surface area contributed by atoms with Crippen LogP contribution >= 0.6 is 0 Å².